The van der Waals surface area contributed by atoms with E-state index in [9.17, 15) is 4.79 Å². The summed E-state index contributed by atoms with van der Waals surface area (Å²) in [6.45, 7) is 9.15. The third-order valence-electron chi connectivity index (χ3n) is 3.96. The third kappa shape index (κ3) is 3.37. The van der Waals surface area contributed by atoms with E-state index in [1.54, 1.807) is 27.0 Å². The van der Waals surface area contributed by atoms with Gasteiger partial charge in [-0.1, -0.05) is 24.3 Å². The summed E-state index contributed by atoms with van der Waals surface area (Å²) in [5, 5.41) is 9.00. The molecule has 0 aromatic heterocycles. The molecule has 0 unspecified atom stereocenters. The van der Waals surface area contributed by atoms with Crippen molar-refractivity contribution < 1.29 is 9.53 Å². The molecule has 4 nitrogen and oxygen atoms in total. The number of Topliss-reactive ketones (excluding diaryl/α,β-unsaturated/α-hetero) is 1. The van der Waals surface area contributed by atoms with Crippen molar-refractivity contribution in [3.8, 4) is 6.07 Å². The van der Waals surface area contributed by atoms with Gasteiger partial charge in [-0.3, -0.25) is 9.79 Å². The van der Waals surface area contributed by atoms with Crippen LogP contribution < -0.4 is 0 Å². The number of hydrogen-bond donors (Lipinski definition) is 0. The van der Waals surface area contributed by atoms with Crippen LogP contribution in [0.3, 0.4) is 0 Å². The molecule has 0 N–H and O–H groups in total. The molecular formula is C20H22N2O2. The lowest BCUT2D eigenvalue weighted by atomic mass is 9.89. The van der Waals surface area contributed by atoms with Gasteiger partial charge in [0.25, 0.3) is 0 Å². The van der Waals surface area contributed by atoms with Crippen LogP contribution in [0.15, 0.2) is 40.9 Å². The van der Waals surface area contributed by atoms with Crippen LogP contribution in [-0.2, 0) is 9.53 Å². The molecule has 124 valence electrons. The van der Waals surface area contributed by atoms with E-state index in [0.717, 1.165) is 11.1 Å². The predicted octanol–water partition coefficient (Wildman–Crippen LogP) is 4.18. The lowest BCUT2D eigenvalue weighted by molar-refractivity contribution is -0.132. The Morgan fingerprint density at radius 3 is 2.42 bits per heavy atom. The van der Waals surface area contributed by atoms with Gasteiger partial charge in [0.15, 0.2) is 5.78 Å². The maximum absolute atomic E-state index is 12.7. The van der Waals surface area contributed by atoms with E-state index in [2.05, 4.69) is 4.99 Å². The maximum atomic E-state index is 12.7. The number of nitriles is 1. The van der Waals surface area contributed by atoms with E-state index in [-0.39, 0.29) is 5.78 Å². The molecule has 1 heterocycles. The van der Waals surface area contributed by atoms with Gasteiger partial charge in [-0.2, -0.15) is 5.26 Å². The number of hydrogen-bond acceptors (Lipinski definition) is 4. The lowest BCUT2D eigenvalue weighted by Crippen LogP contribution is -2.29. The van der Waals surface area contributed by atoms with Crippen molar-refractivity contribution >= 4 is 23.8 Å². The highest BCUT2D eigenvalue weighted by molar-refractivity contribution is 6.08. The molecule has 0 atom stereocenters. The minimum atomic E-state index is -0.836. The standard InChI is InChI=1S/C20H22N2O2/c1-6-22-17(11-12-21)15-10-8-7-9-14(15)13-16-18(23)20(4,5)24-19(16,2)3/h6-11,13H,1-5H3/b16-13-,17-11-,22-6-. The number of ketones is 1. The highest BCUT2D eigenvalue weighted by Crippen LogP contribution is 2.40. The predicted molar refractivity (Wildman–Crippen MR) is 96.4 cm³/mol. The molecule has 24 heavy (non-hydrogen) atoms. The van der Waals surface area contributed by atoms with Crippen molar-refractivity contribution in [2.24, 2.45) is 4.99 Å². The van der Waals surface area contributed by atoms with Crippen molar-refractivity contribution in [3.05, 3.63) is 47.0 Å². The summed E-state index contributed by atoms with van der Waals surface area (Å²) >= 11 is 0. The number of carbonyl (C=O) groups excluding carboxylic acids is 1. The number of benzene rings is 1. The summed E-state index contributed by atoms with van der Waals surface area (Å²) in [6, 6.07) is 9.60. The van der Waals surface area contributed by atoms with E-state index in [1.165, 1.54) is 6.08 Å². The first-order chi connectivity index (χ1) is 11.2. The van der Waals surface area contributed by atoms with Crippen molar-refractivity contribution in [3.63, 3.8) is 0 Å². The van der Waals surface area contributed by atoms with Crippen LogP contribution >= 0.6 is 0 Å². The quantitative estimate of drug-likeness (QED) is 0.476. The van der Waals surface area contributed by atoms with Gasteiger partial charge in [0.1, 0.15) is 5.60 Å². The van der Waals surface area contributed by atoms with Crippen LogP contribution in [0, 0.1) is 11.3 Å². The minimum Gasteiger partial charge on any atom is -0.357 e. The molecule has 0 amide bonds. The van der Waals surface area contributed by atoms with Gasteiger partial charge in [-0.05, 0) is 46.3 Å². The summed E-state index contributed by atoms with van der Waals surface area (Å²) in [5.74, 6) is -0.0212. The van der Waals surface area contributed by atoms with Crippen molar-refractivity contribution in [2.45, 2.75) is 45.8 Å². The lowest BCUT2D eigenvalue weighted by Gasteiger charge is -2.22. The average Bonchev–Trinajstić information content (AvgIpc) is 2.65. The summed E-state index contributed by atoms with van der Waals surface area (Å²) in [7, 11) is 0. The Morgan fingerprint density at radius 1 is 1.21 bits per heavy atom. The van der Waals surface area contributed by atoms with Crippen molar-refractivity contribution in [1.82, 2.24) is 0 Å². The molecule has 1 saturated heterocycles. The smallest absolute Gasteiger partial charge is 0.192 e. The fraction of sp³-hybridized carbons (Fsp3) is 0.350. The summed E-state index contributed by atoms with van der Waals surface area (Å²) in [4.78, 5) is 17.0. The van der Waals surface area contributed by atoms with Crippen LogP contribution in [0.2, 0.25) is 0 Å². The highest BCUT2D eigenvalue weighted by atomic mass is 16.5. The Labute approximate surface area is 143 Å². The second-order valence-corrected chi connectivity index (χ2v) is 6.64. The molecule has 1 aromatic carbocycles. The van der Waals surface area contributed by atoms with E-state index < -0.39 is 11.2 Å². The number of rotatable bonds is 3. The largest absolute Gasteiger partial charge is 0.357 e. The molecule has 1 aromatic rings. The van der Waals surface area contributed by atoms with Crippen LogP contribution in [-0.4, -0.2) is 23.2 Å². The molecule has 1 aliphatic rings. The zero-order valence-corrected chi connectivity index (χ0v) is 14.8. The first-order valence-electron chi connectivity index (χ1n) is 7.88. The van der Waals surface area contributed by atoms with Crippen LogP contribution in [0.5, 0.6) is 0 Å². The topological polar surface area (TPSA) is 62.5 Å². The summed E-state index contributed by atoms with van der Waals surface area (Å²) < 4.78 is 5.91. The third-order valence-corrected chi connectivity index (χ3v) is 3.96. The molecule has 0 radical (unpaired) electrons. The zero-order chi connectivity index (χ0) is 18.0. The Kier molecular flexibility index (Phi) is 4.86. The molecule has 0 saturated carbocycles. The van der Waals surface area contributed by atoms with Gasteiger partial charge in [0.05, 0.1) is 17.4 Å². The van der Waals surface area contributed by atoms with Crippen LogP contribution in [0.4, 0.5) is 0 Å². The monoisotopic (exact) mass is 322 g/mol. The molecule has 2 rings (SSSR count). The second-order valence-electron chi connectivity index (χ2n) is 6.64. The highest BCUT2D eigenvalue weighted by Gasteiger charge is 2.49. The zero-order valence-electron chi connectivity index (χ0n) is 14.8. The number of nitrogens with zero attached hydrogens (tertiary/aromatic N) is 2. The molecular weight excluding hydrogens is 300 g/mol. The maximum Gasteiger partial charge on any atom is 0.192 e. The summed E-state index contributed by atoms with van der Waals surface area (Å²) in [6.07, 6.45) is 4.90. The Bertz CT molecular complexity index is 790. The van der Waals surface area contributed by atoms with Gasteiger partial charge >= 0.3 is 0 Å². The van der Waals surface area contributed by atoms with E-state index in [0.29, 0.717) is 11.3 Å². The van der Waals surface area contributed by atoms with Gasteiger partial charge in [0, 0.05) is 23.4 Å². The van der Waals surface area contributed by atoms with Crippen LogP contribution in [0.25, 0.3) is 11.8 Å². The Morgan fingerprint density at radius 2 is 1.88 bits per heavy atom. The first-order valence-corrected chi connectivity index (χ1v) is 7.88. The molecule has 1 aliphatic heterocycles. The molecule has 0 spiro atoms. The Balaban J connectivity index is 2.62. The molecule has 1 fully saturated rings. The fourth-order valence-corrected chi connectivity index (χ4v) is 2.97. The Hall–Kier alpha value is -2.51. The van der Waals surface area contributed by atoms with Crippen molar-refractivity contribution in [2.75, 3.05) is 0 Å². The number of aliphatic imine (C=N–C) groups is 1. The molecule has 0 aliphatic carbocycles. The van der Waals surface area contributed by atoms with E-state index in [1.807, 2.05) is 50.3 Å². The average molecular weight is 322 g/mol. The normalized spacial score (nSPS) is 21.4. The van der Waals surface area contributed by atoms with Crippen LogP contribution in [0.1, 0.15) is 45.7 Å². The number of allylic oxidation sites excluding steroid dienone is 1. The molecule has 4 heteroatoms. The minimum absolute atomic E-state index is 0.0212. The van der Waals surface area contributed by atoms with Gasteiger partial charge < -0.3 is 4.74 Å². The van der Waals surface area contributed by atoms with E-state index in [4.69, 9.17) is 10.00 Å². The van der Waals surface area contributed by atoms with Gasteiger partial charge in [-0.25, -0.2) is 0 Å². The summed E-state index contributed by atoms with van der Waals surface area (Å²) in [5.41, 5.74) is 1.32. The second kappa shape index (κ2) is 6.54. The number of ether oxygens (including phenoxy) is 1. The van der Waals surface area contributed by atoms with Gasteiger partial charge in [0.2, 0.25) is 0 Å². The van der Waals surface area contributed by atoms with Crippen molar-refractivity contribution in [1.29, 1.82) is 5.26 Å². The molecule has 0 bridgehead atoms. The fourth-order valence-electron chi connectivity index (χ4n) is 2.97. The number of carbonyl (C=O) groups is 1. The first kappa shape index (κ1) is 17.8. The van der Waals surface area contributed by atoms with E-state index >= 15 is 0 Å². The SMILES string of the molecule is C/C=N\C(=C/C#N)c1ccccc1/C=C1/C(=O)C(C)(C)OC1(C)C. The van der Waals surface area contributed by atoms with Gasteiger partial charge in [-0.15, -0.1) is 0 Å².